The monoisotopic (exact) mass is 424 g/mol. The number of aromatic nitrogens is 1. The average Bonchev–Trinajstić information content (AvgIpc) is 2.59. The maximum atomic E-state index is 4.28. The van der Waals surface area contributed by atoms with E-state index in [0.29, 0.717) is 6.54 Å². The maximum Gasteiger partial charge on any atom is 0.191 e. The van der Waals surface area contributed by atoms with Gasteiger partial charge in [0.25, 0.3) is 0 Å². The van der Waals surface area contributed by atoms with Gasteiger partial charge in [0.1, 0.15) is 0 Å². The van der Waals surface area contributed by atoms with Crippen LogP contribution in [0.15, 0.2) is 53.7 Å². The van der Waals surface area contributed by atoms with Crippen LogP contribution in [0.25, 0.3) is 0 Å². The number of nitrogens with zero attached hydrogens (tertiary/aromatic N) is 2. The summed E-state index contributed by atoms with van der Waals surface area (Å²) in [5.41, 5.74) is 3.72. The Kier molecular flexibility index (Phi) is 9.28. The third-order valence-electron chi connectivity index (χ3n) is 3.52. The number of pyridine rings is 1. The minimum Gasteiger partial charge on any atom is -0.356 e. The molecule has 0 aliphatic carbocycles. The van der Waals surface area contributed by atoms with Gasteiger partial charge in [0.2, 0.25) is 0 Å². The molecular formula is C18H25IN4. The standard InChI is InChI=1S/C18H24N4.HI/c1-3-15-7-9-16(10-8-15)11-13-21-18(19-2)22-14-17-6-4-5-12-20-17;/h4-10,12H,3,11,13-14H2,1-2H3,(H2,19,21,22);1H. The minimum absolute atomic E-state index is 0. The Bertz CT molecular complexity index is 582. The van der Waals surface area contributed by atoms with Gasteiger partial charge in [-0.15, -0.1) is 24.0 Å². The number of guanidine groups is 1. The number of hydrogen-bond acceptors (Lipinski definition) is 2. The molecule has 0 bridgehead atoms. The van der Waals surface area contributed by atoms with Crippen molar-refractivity contribution in [1.29, 1.82) is 0 Å². The van der Waals surface area contributed by atoms with Gasteiger partial charge in [-0.05, 0) is 36.1 Å². The van der Waals surface area contributed by atoms with Crippen LogP contribution < -0.4 is 10.6 Å². The smallest absolute Gasteiger partial charge is 0.191 e. The van der Waals surface area contributed by atoms with E-state index in [-0.39, 0.29) is 24.0 Å². The molecule has 2 N–H and O–H groups in total. The quantitative estimate of drug-likeness (QED) is 0.426. The van der Waals surface area contributed by atoms with Crippen molar-refractivity contribution in [3.05, 3.63) is 65.5 Å². The van der Waals surface area contributed by atoms with Gasteiger partial charge in [0.05, 0.1) is 12.2 Å². The lowest BCUT2D eigenvalue weighted by molar-refractivity contribution is 0.783. The summed E-state index contributed by atoms with van der Waals surface area (Å²) in [6.45, 7) is 3.70. The van der Waals surface area contributed by atoms with Crippen molar-refractivity contribution in [2.45, 2.75) is 26.3 Å². The second-order valence-corrected chi connectivity index (χ2v) is 5.09. The molecule has 2 aromatic rings. The highest BCUT2D eigenvalue weighted by Crippen LogP contribution is 2.05. The Labute approximate surface area is 155 Å². The highest BCUT2D eigenvalue weighted by atomic mass is 127. The molecule has 0 spiro atoms. The maximum absolute atomic E-state index is 4.28. The molecular weight excluding hydrogens is 399 g/mol. The first-order chi connectivity index (χ1) is 10.8. The van der Waals surface area contributed by atoms with E-state index in [1.165, 1.54) is 11.1 Å². The molecule has 0 saturated carbocycles. The van der Waals surface area contributed by atoms with Crippen LogP contribution in [0.3, 0.4) is 0 Å². The second-order valence-electron chi connectivity index (χ2n) is 5.09. The Morgan fingerprint density at radius 2 is 1.78 bits per heavy atom. The first kappa shape index (κ1) is 19.4. The van der Waals surface area contributed by atoms with Crippen LogP contribution in [-0.2, 0) is 19.4 Å². The largest absolute Gasteiger partial charge is 0.356 e. The van der Waals surface area contributed by atoms with E-state index in [2.05, 4.69) is 51.8 Å². The number of aryl methyl sites for hydroxylation is 1. The summed E-state index contributed by atoms with van der Waals surface area (Å²) in [6, 6.07) is 14.7. The summed E-state index contributed by atoms with van der Waals surface area (Å²) in [5, 5.41) is 6.59. The van der Waals surface area contributed by atoms with Gasteiger partial charge in [0.15, 0.2) is 5.96 Å². The molecule has 1 aromatic heterocycles. The van der Waals surface area contributed by atoms with E-state index in [1.807, 2.05) is 18.2 Å². The zero-order chi connectivity index (χ0) is 15.6. The van der Waals surface area contributed by atoms with Crippen LogP contribution in [0, 0.1) is 0 Å². The van der Waals surface area contributed by atoms with Gasteiger partial charge in [0, 0.05) is 19.8 Å². The topological polar surface area (TPSA) is 49.3 Å². The molecule has 0 aliphatic heterocycles. The molecule has 0 radical (unpaired) electrons. The molecule has 0 unspecified atom stereocenters. The first-order valence-corrected chi connectivity index (χ1v) is 7.74. The predicted molar refractivity (Wildman–Crippen MR) is 107 cm³/mol. The highest BCUT2D eigenvalue weighted by molar-refractivity contribution is 14.0. The number of halogens is 1. The summed E-state index contributed by atoms with van der Waals surface area (Å²) in [7, 11) is 1.78. The molecule has 1 aromatic carbocycles. The van der Waals surface area contributed by atoms with Crippen molar-refractivity contribution in [3.63, 3.8) is 0 Å². The molecule has 0 amide bonds. The third kappa shape index (κ3) is 6.99. The Morgan fingerprint density at radius 3 is 2.39 bits per heavy atom. The van der Waals surface area contributed by atoms with E-state index >= 15 is 0 Å². The van der Waals surface area contributed by atoms with Gasteiger partial charge in [-0.3, -0.25) is 9.98 Å². The van der Waals surface area contributed by atoms with Gasteiger partial charge in [-0.25, -0.2) is 0 Å². The highest BCUT2D eigenvalue weighted by Gasteiger charge is 1.99. The zero-order valence-electron chi connectivity index (χ0n) is 13.7. The Balaban J connectivity index is 0.00000264. The lowest BCUT2D eigenvalue weighted by atomic mass is 10.1. The van der Waals surface area contributed by atoms with E-state index < -0.39 is 0 Å². The van der Waals surface area contributed by atoms with E-state index in [4.69, 9.17) is 0 Å². The second kappa shape index (κ2) is 11.0. The lowest BCUT2D eigenvalue weighted by Crippen LogP contribution is -2.38. The SMILES string of the molecule is CCc1ccc(CCNC(=NC)NCc2ccccn2)cc1.I. The molecule has 1 heterocycles. The van der Waals surface area contributed by atoms with E-state index in [9.17, 15) is 0 Å². The van der Waals surface area contributed by atoms with Crippen LogP contribution in [0.5, 0.6) is 0 Å². The average molecular weight is 424 g/mol. The molecule has 5 heteroatoms. The fourth-order valence-corrected chi connectivity index (χ4v) is 2.16. The zero-order valence-corrected chi connectivity index (χ0v) is 16.1. The molecule has 23 heavy (non-hydrogen) atoms. The number of aliphatic imine (C=N–C) groups is 1. The minimum atomic E-state index is 0. The van der Waals surface area contributed by atoms with Crippen molar-refractivity contribution in [2.24, 2.45) is 4.99 Å². The fourth-order valence-electron chi connectivity index (χ4n) is 2.16. The van der Waals surface area contributed by atoms with Gasteiger partial charge < -0.3 is 10.6 Å². The molecule has 4 nitrogen and oxygen atoms in total. The molecule has 2 rings (SSSR count). The number of rotatable bonds is 6. The molecule has 0 fully saturated rings. The fraction of sp³-hybridized carbons (Fsp3) is 0.333. The van der Waals surface area contributed by atoms with Crippen molar-refractivity contribution >= 4 is 29.9 Å². The van der Waals surface area contributed by atoms with Gasteiger partial charge in [-0.1, -0.05) is 37.3 Å². The van der Waals surface area contributed by atoms with Crippen molar-refractivity contribution in [1.82, 2.24) is 15.6 Å². The van der Waals surface area contributed by atoms with Crippen LogP contribution >= 0.6 is 24.0 Å². The van der Waals surface area contributed by atoms with E-state index in [1.54, 1.807) is 13.2 Å². The van der Waals surface area contributed by atoms with Gasteiger partial charge >= 0.3 is 0 Å². The normalized spacial score (nSPS) is 10.8. The third-order valence-corrected chi connectivity index (χ3v) is 3.52. The summed E-state index contributed by atoms with van der Waals surface area (Å²) in [5.74, 6) is 0.802. The summed E-state index contributed by atoms with van der Waals surface area (Å²) in [6.07, 6.45) is 3.87. The van der Waals surface area contributed by atoms with Gasteiger partial charge in [-0.2, -0.15) is 0 Å². The van der Waals surface area contributed by atoms with Crippen LogP contribution in [0.1, 0.15) is 23.7 Å². The van der Waals surface area contributed by atoms with E-state index in [0.717, 1.165) is 31.0 Å². The number of benzene rings is 1. The predicted octanol–water partition coefficient (Wildman–Crippen LogP) is 3.17. The van der Waals surface area contributed by atoms with Crippen LogP contribution in [0.4, 0.5) is 0 Å². The van der Waals surface area contributed by atoms with Crippen molar-refractivity contribution in [2.75, 3.05) is 13.6 Å². The lowest BCUT2D eigenvalue weighted by Gasteiger charge is -2.11. The number of nitrogens with one attached hydrogen (secondary N) is 2. The Hall–Kier alpha value is -1.63. The van der Waals surface area contributed by atoms with Crippen molar-refractivity contribution < 1.29 is 0 Å². The Morgan fingerprint density at radius 1 is 1.04 bits per heavy atom. The van der Waals surface area contributed by atoms with Crippen LogP contribution in [-0.4, -0.2) is 24.5 Å². The summed E-state index contributed by atoms with van der Waals surface area (Å²) < 4.78 is 0. The molecule has 124 valence electrons. The van der Waals surface area contributed by atoms with Crippen LogP contribution in [0.2, 0.25) is 0 Å². The molecule has 0 atom stereocenters. The van der Waals surface area contributed by atoms with Crippen molar-refractivity contribution in [3.8, 4) is 0 Å². The molecule has 0 saturated heterocycles. The molecule has 0 aliphatic rings. The summed E-state index contributed by atoms with van der Waals surface area (Å²) >= 11 is 0. The number of hydrogen-bond donors (Lipinski definition) is 2. The summed E-state index contributed by atoms with van der Waals surface area (Å²) in [4.78, 5) is 8.51. The first-order valence-electron chi connectivity index (χ1n) is 7.74.